The fourth-order valence-corrected chi connectivity index (χ4v) is 3.82. The van der Waals surface area contributed by atoms with E-state index in [4.69, 9.17) is 22.1 Å². The molecule has 3 heterocycles. The second kappa shape index (κ2) is 6.18. The molecule has 6 nitrogen and oxygen atoms in total. The van der Waals surface area contributed by atoms with Crippen LogP contribution >= 0.6 is 11.6 Å². The Labute approximate surface area is 144 Å². The van der Waals surface area contributed by atoms with Gasteiger partial charge >= 0.3 is 0 Å². The highest BCUT2D eigenvalue weighted by Crippen LogP contribution is 2.48. The van der Waals surface area contributed by atoms with Crippen LogP contribution in [-0.2, 0) is 9.53 Å². The molecule has 2 aromatic heterocycles. The molecule has 2 fully saturated rings. The van der Waals surface area contributed by atoms with Gasteiger partial charge in [-0.3, -0.25) is 4.79 Å². The zero-order valence-electron chi connectivity index (χ0n) is 13.2. The van der Waals surface area contributed by atoms with Crippen molar-refractivity contribution >= 4 is 39.9 Å². The van der Waals surface area contributed by atoms with Crippen LogP contribution in [0.5, 0.6) is 0 Å². The van der Waals surface area contributed by atoms with E-state index in [0.29, 0.717) is 28.6 Å². The van der Waals surface area contributed by atoms with Crippen molar-refractivity contribution in [1.82, 2.24) is 9.97 Å². The summed E-state index contributed by atoms with van der Waals surface area (Å²) < 4.78 is 5.39. The van der Waals surface area contributed by atoms with E-state index in [1.807, 2.05) is 0 Å². The molecule has 4 rings (SSSR count). The van der Waals surface area contributed by atoms with E-state index >= 15 is 0 Å². The number of hydrogen-bond donors (Lipinski definition) is 2. The first-order valence-electron chi connectivity index (χ1n) is 8.22. The number of hydrogen-bond acceptors (Lipinski definition) is 5. The third kappa shape index (κ3) is 3.03. The molecule has 1 unspecified atom stereocenters. The van der Waals surface area contributed by atoms with Gasteiger partial charge in [0.1, 0.15) is 16.8 Å². The van der Waals surface area contributed by atoms with Crippen LogP contribution in [0, 0.1) is 17.8 Å². The minimum absolute atomic E-state index is 0.0477. The summed E-state index contributed by atoms with van der Waals surface area (Å²) in [5.74, 6) is 2.10. The van der Waals surface area contributed by atoms with Crippen LogP contribution in [0.4, 0.5) is 11.6 Å². The third-order valence-corrected chi connectivity index (χ3v) is 5.21. The standard InChI is InChI=1S/C17H19ClN4O2/c18-14-5-10-6-15(20-8-13(10)16(19)21-14)22-17(23)12-7-11(12)9-1-3-24-4-2-9/h5-6,8-9,11-12H,1-4,7H2,(H2,19,21)(H,20,22,23)/t11?,12-/m0/s1. The first-order chi connectivity index (χ1) is 11.6. The largest absolute Gasteiger partial charge is 0.383 e. The number of aromatic nitrogens is 2. The highest BCUT2D eigenvalue weighted by atomic mass is 35.5. The topological polar surface area (TPSA) is 90.1 Å². The van der Waals surface area contributed by atoms with Gasteiger partial charge in [0, 0.05) is 30.7 Å². The zero-order chi connectivity index (χ0) is 16.7. The Kier molecular flexibility index (Phi) is 4.02. The summed E-state index contributed by atoms with van der Waals surface area (Å²) in [5, 5.41) is 4.78. The molecule has 1 aliphatic carbocycles. The van der Waals surface area contributed by atoms with Crippen molar-refractivity contribution in [2.24, 2.45) is 17.8 Å². The minimum Gasteiger partial charge on any atom is -0.383 e. The van der Waals surface area contributed by atoms with Gasteiger partial charge in [-0.15, -0.1) is 0 Å². The molecule has 3 N–H and O–H groups in total. The molecule has 126 valence electrons. The van der Waals surface area contributed by atoms with Crippen molar-refractivity contribution in [2.45, 2.75) is 19.3 Å². The van der Waals surface area contributed by atoms with Crippen LogP contribution in [0.1, 0.15) is 19.3 Å². The number of fused-ring (bicyclic) bond motifs is 1. The van der Waals surface area contributed by atoms with Crippen molar-refractivity contribution in [2.75, 3.05) is 24.3 Å². The molecular formula is C17H19ClN4O2. The van der Waals surface area contributed by atoms with Crippen molar-refractivity contribution in [3.63, 3.8) is 0 Å². The summed E-state index contributed by atoms with van der Waals surface area (Å²) in [5.41, 5.74) is 5.83. The number of anilines is 2. The second-order valence-corrected chi connectivity index (χ2v) is 6.95. The van der Waals surface area contributed by atoms with Gasteiger partial charge < -0.3 is 15.8 Å². The smallest absolute Gasteiger partial charge is 0.228 e. The van der Waals surface area contributed by atoms with Crippen molar-refractivity contribution in [3.05, 3.63) is 23.5 Å². The monoisotopic (exact) mass is 346 g/mol. The number of nitrogens with one attached hydrogen (secondary N) is 1. The molecule has 1 amide bonds. The number of pyridine rings is 2. The predicted molar refractivity (Wildman–Crippen MR) is 92.7 cm³/mol. The number of ether oxygens (including phenoxy) is 1. The molecule has 1 saturated heterocycles. The van der Waals surface area contributed by atoms with Gasteiger partial charge in [0.2, 0.25) is 5.91 Å². The molecule has 1 saturated carbocycles. The number of rotatable bonds is 3. The van der Waals surface area contributed by atoms with Gasteiger partial charge in [0.15, 0.2) is 0 Å². The molecule has 0 aromatic carbocycles. The van der Waals surface area contributed by atoms with Gasteiger partial charge in [-0.2, -0.15) is 0 Å². The summed E-state index contributed by atoms with van der Waals surface area (Å²) >= 11 is 5.94. The summed E-state index contributed by atoms with van der Waals surface area (Å²) in [6.45, 7) is 1.63. The Morgan fingerprint density at radius 3 is 2.92 bits per heavy atom. The first-order valence-corrected chi connectivity index (χ1v) is 8.60. The van der Waals surface area contributed by atoms with E-state index in [0.717, 1.165) is 43.2 Å². The fraction of sp³-hybridized carbons (Fsp3) is 0.471. The number of carbonyl (C=O) groups is 1. The summed E-state index contributed by atoms with van der Waals surface area (Å²) in [6, 6.07) is 3.50. The lowest BCUT2D eigenvalue weighted by Gasteiger charge is -2.21. The maximum absolute atomic E-state index is 12.5. The number of halogens is 1. The zero-order valence-corrected chi connectivity index (χ0v) is 13.9. The number of nitrogen functional groups attached to an aromatic ring is 1. The fourth-order valence-electron chi connectivity index (χ4n) is 3.61. The van der Waals surface area contributed by atoms with Crippen LogP contribution in [-0.4, -0.2) is 29.1 Å². The lowest BCUT2D eigenvalue weighted by atomic mass is 9.93. The Bertz CT molecular complexity index is 791. The van der Waals surface area contributed by atoms with E-state index in [1.165, 1.54) is 0 Å². The van der Waals surface area contributed by atoms with E-state index in [1.54, 1.807) is 18.3 Å². The normalized spacial score (nSPS) is 24.0. The highest BCUT2D eigenvalue weighted by Gasteiger charge is 2.47. The Morgan fingerprint density at radius 1 is 1.33 bits per heavy atom. The first kappa shape index (κ1) is 15.6. The van der Waals surface area contributed by atoms with E-state index in [-0.39, 0.29) is 11.8 Å². The summed E-state index contributed by atoms with van der Waals surface area (Å²) in [6.07, 6.45) is 4.71. The summed E-state index contributed by atoms with van der Waals surface area (Å²) in [7, 11) is 0. The molecule has 7 heteroatoms. The van der Waals surface area contributed by atoms with Crippen molar-refractivity contribution in [3.8, 4) is 0 Å². The maximum atomic E-state index is 12.5. The highest BCUT2D eigenvalue weighted by molar-refractivity contribution is 6.30. The van der Waals surface area contributed by atoms with Crippen LogP contribution in [0.15, 0.2) is 18.3 Å². The average molecular weight is 347 g/mol. The molecule has 2 aliphatic rings. The lowest BCUT2D eigenvalue weighted by molar-refractivity contribution is -0.117. The van der Waals surface area contributed by atoms with Gasteiger partial charge in [-0.25, -0.2) is 9.97 Å². The molecule has 2 aromatic rings. The van der Waals surface area contributed by atoms with E-state index in [9.17, 15) is 4.79 Å². The Morgan fingerprint density at radius 2 is 2.12 bits per heavy atom. The number of carbonyl (C=O) groups excluding carboxylic acids is 1. The third-order valence-electron chi connectivity index (χ3n) is 5.01. The minimum atomic E-state index is 0.0477. The average Bonchev–Trinajstić information content (AvgIpc) is 3.36. The van der Waals surface area contributed by atoms with Crippen LogP contribution in [0.25, 0.3) is 10.8 Å². The van der Waals surface area contributed by atoms with Gasteiger partial charge in [-0.05, 0) is 48.6 Å². The predicted octanol–water partition coefficient (Wildman–Crippen LogP) is 2.87. The Hall–Kier alpha value is -1.92. The second-order valence-electron chi connectivity index (χ2n) is 6.57. The molecular weight excluding hydrogens is 328 g/mol. The molecule has 2 atom stereocenters. The maximum Gasteiger partial charge on any atom is 0.228 e. The number of nitrogens with two attached hydrogens (primary N) is 1. The molecule has 0 radical (unpaired) electrons. The van der Waals surface area contributed by atoms with Gasteiger partial charge in [0.25, 0.3) is 0 Å². The van der Waals surface area contributed by atoms with Crippen LogP contribution in [0.2, 0.25) is 5.15 Å². The molecule has 1 aliphatic heterocycles. The molecule has 0 bridgehead atoms. The van der Waals surface area contributed by atoms with E-state index in [2.05, 4.69) is 15.3 Å². The van der Waals surface area contributed by atoms with Gasteiger partial charge in [-0.1, -0.05) is 11.6 Å². The molecule has 24 heavy (non-hydrogen) atoms. The van der Waals surface area contributed by atoms with E-state index < -0.39 is 0 Å². The SMILES string of the molecule is Nc1nc(Cl)cc2cc(NC(=O)[C@H]3CC3C3CCOCC3)ncc12. The molecule has 0 spiro atoms. The lowest BCUT2D eigenvalue weighted by Crippen LogP contribution is -2.21. The number of nitrogens with zero attached hydrogens (tertiary/aromatic N) is 2. The van der Waals surface area contributed by atoms with Crippen molar-refractivity contribution < 1.29 is 9.53 Å². The van der Waals surface area contributed by atoms with Gasteiger partial charge in [0.05, 0.1) is 0 Å². The van der Waals surface area contributed by atoms with Crippen molar-refractivity contribution in [1.29, 1.82) is 0 Å². The number of amides is 1. The summed E-state index contributed by atoms with van der Waals surface area (Å²) in [4.78, 5) is 20.7. The van der Waals surface area contributed by atoms with Crippen LogP contribution in [0.3, 0.4) is 0 Å². The Balaban J connectivity index is 1.45. The quantitative estimate of drug-likeness (QED) is 0.834. The van der Waals surface area contributed by atoms with Crippen LogP contribution < -0.4 is 11.1 Å².